The van der Waals surface area contributed by atoms with Crippen molar-refractivity contribution in [2.75, 3.05) is 32.8 Å². The van der Waals surface area contributed by atoms with Crippen molar-refractivity contribution in [3.05, 3.63) is 47.0 Å². The molecular weight excluding hydrogens is 350 g/mol. The van der Waals surface area contributed by atoms with Crippen LogP contribution in [0.2, 0.25) is 0 Å². The summed E-state index contributed by atoms with van der Waals surface area (Å²) >= 11 is 0. The van der Waals surface area contributed by atoms with E-state index in [1.165, 1.54) is 6.07 Å². The second kappa shape index (κ2) is 8.43. The van der Waals surface area contributed by atoms with E-state index >= 15 is 0 Å². The van der Waals surface area contributed by atoms with E-state index in [1.807, 2.05) is 6.07 Å². The van der Waals surface area contributed by atoms with Gasteiger partial charge in [-0.2, -0.15) is 5.10 Å². The van der Waals surface area contributed by atoms with Gasteiger partial charge in [0.05, 0.1) is 12.3 Å². The third kappa shape index (κ3) is 4.49. The number of rotatable bonds is 4. The summed E-state index contributed by atoms with van der Waals surface area (Å²) in [7, 11) is 0. The molecule has 0 N–H and O–H groups in total. The van der Waals surface area contributed by atoms with Crippen molar-refractivity contribution in [1.29, 1.82) is 0 Å². The maximum atomic E-state index is 12.5. The normalized spacial score (nSPS) is 14.1. The molecule has 142 valence electrons. The Morgan fingerprint density at radius 2 is 1.85 bits per heavy atom. The highest BCUT2D eigenvalue weighted by molar-refractivity contribution is 5.76. The van der Waals surface area contributed by atoms with Crippen LogP contribution in [-0.2, 0) is 16.1 Å². The van der Waals surface area contributed by atoms with Crippen molar-refractivity contribution in [1.82, 2.24) is 24.6 Å². The summed E-state index contributed by atoms with van der Waals surface area (Å²) in [6.45, 7) is 3.53. The Morgan fingerprint density at radius 3 is 2.52 bits per heavy atom. The molecule has 0 radical (unpaired) electrons. The topological polar surface area (TPSA) is 97.6 Å². The number of carbonyl (C=O) groups excluding carboxylic acids is 2. The number of hydrogen-bond donors (Lipinski definition) is 0. The highest BCUT2D eigenvalue weighted by atomic mass is 16.6. The van der Waals surface area contributed by atoms with E-state index in [-0.39, 0.29) is 24.1 Å². The molecule has 9 nitrogen and oxygen atoms in total. The number of pyridine rings is 1. The van der Waals surface area contributed by atoms with Crippen molar-refractivity contribution in [3.8, 4) is 11.3 Å². The summed E-state index contributed by atoms with van der Waals surface area (Å²) in [6.07, 6.45) is 2.93. The van der Waals surface area contributed by atoms with Gasteiger partial charge in [0, 0.05) is 50.2 Å². The molecule has 0 aliphatic carbocycles. The van der Waals surface area contributed by atoms with Crippen LogP contribution in [0.15, 0.2) is 41.5 Å². The zero-order valence-electron chi connectivity index (χ0n) is 15.1. The van der Waals surface area contributed by atoms with Gasteiger partial charge in [-0.25, -0.2) is 9.48 Å². The summed E-state index contributed by atoms with van der Waals surface area (Å²) in [4.78, 5) is 43.6. The van der Waals surface area contributed by atoms with Crippen molar-refractivity contribution in [2.45, 2.75) is 13.5 Å². The average molecular weight is 371 g/mol. The Bertz CT molecular complexity index is 860. The van der Waals surface area contributed by atoms with Gasteiger partial charge in [-0.05, 0) is 25.1 Å². The first-order chi connectivity index (χ1) is 13.1. The first-order valence-corrected chi connectivity index (χ1v) is 8.76. The number of amides is 2. The fourth-order valence-corrected chi connectivity index (χ4v) is 2.81. The van der Waals surface area contributed by atoms with E-state index in [9.17, 15) is 14.4 Å². The minimum atomic E-state index is -0.369. The Labute approximate surface area is 156 Å². The Kier molecular flexibility index (Phi) is 5.80. The van der Waals surface area contributed by atoms with E-state index < -0.39 is 0 Å². The number of piperazine rings is 1. The smallest absolute Gasteiger partial charge is 0.409 e. The van der Waals surface area contributed by atoms with E-state index in [0.29, 0.717) is 38.5 Å². The Balaban J connectivity index is 1.65. The molecule has 1 fully saturated rings. The van der Waals surface area contributed by atoms with E-state index in [1.54, 1.807) is 41.2 Å². The quantitative estimate of drug-likeness (QED) is 0.781. The summed E-state index contributed by atoms with van der Waals surface area (Å²) in [5, 5.41) is 4.28. The molecular formula is C18H21N5O4. The van der Waals surface area contributed by atoms with E-state index in [0.717, 1.165) is 10.2 Å². The molecule has 0 aromatic carbocycles. The van der Waals surface area contributed by atoms with Crippen LogP contribution in [0.1, 0.15) is 6.92 Å². The molecule has 3 rings (SSSR count). The molecule has 2 aromatic heterocycles. The maximum absolute atomic E-state index is 12.5. The summed E-state index contributed by atoms with van der Waals surface area (Å²) in [6, 6.07) is 6.61. The predicted molar refractivity (Wildman–Crippen MR) is 96.9 cm³/mol. The SMILES string of the molecule is CCOC(=O)N1CCN(C(=O)Cn2nc(-c3cccnc3)ccc2=O)CC1. The second-order valence-corrected chi connectivity index (χ2v) is 6.02. The zero-order chi connectivity index (χ0) is 19.2. The van der Waals surface area contributed by atoms with Crippen LogP contribution in [0.4, 0.5) is 4.79 Å². The average Bonchev–Trinajstić information content (AvgIpc) is 2.70. The van der Waals surface area contributed by atoms with Gasteiger partial charge in [0.15, 0.2) is 0 Å². The lowest BCUT2D eigenvalue weighted by Gasteiger charge is -2.34. The minimum Gasteiger partial charge on any atom is -0.450 e. The highest BCUT2D eigenvalue weighted by Gasteiger charge is 2.25. The lowest BCUT2D eigenvalue weighted by molar-refractivity contribution is -0.133. The first-order valence-electron chi connectivity index (χ1n) is 8.76. The third-order valence-corrected chi connectivity index (χ3v) is 4.27. The van der Waals surface area contributed by atoms with Gasteiger partial charge in [0.1, 0.15) is 6.54 Å². The first kappa shape index (κ1) is 18.6. The van der Waals surface area contributed by atoms with Gasteiger partial charge in [-0.3, -0.25) is 14.6 Å². The van der Waals surface area contributed by atoms with Gasteiger partial charge in [0.2, 0.25) is 5.91 Å². The third-order valence-electron chi connectivity index (χ3n) is 4.27. The van der Waals surface area contributed by atoms with Gasteiger partial charge < -0.3 is 14.5 Å². The molecule has 1 aliphatic heterocycles. The number of hydrogen-bond acceptors (Lipinski definition) is 6. The molecule has 0 saturated carbocycles. The summed E-state index contributed by atoms with van der Waals surface area (Å²) in [5.74, 6) is -0.212. The predicted octanol–water partition coefficient (Wildman–Crippen LogP) is 0.606. The second-order valence-electron chi connectivity index (χ2n) is 6.02. The summed E-state index contributed by atoms with van der Waals surface area (Å²) in [5.41, 5.74) is 0.991. The van der Waals surface area contributed by atoms with Gasteiger partial charge >= 0.3 is 6.09 Å². The lowest BCUT2D eigenvalue weighted by Crippen LogP contribution is -2.51. The molecule has 3 heterocycles. The lowest BCUT2D eigenvalue weighted by atomic mass is 10.2. The van der Waals surface area contributed by atoms with Crippen molar-refractivity contribution >= 4 is 12.0 Å². The Hall–Kier alpha value is -3.23. The largest absolute Gasteiger partial charge is 0.450 e. The van der Waals surface area contributed by atoms with E-state index in [4.69, 9.17) is 4.74 Å². The fourth-order valence-electron chi connectivity index (χ4n) is 2.81. The van der Waals surface area contributed by atoms with Crippen LogP contribution < -0.4 is 5.56 Å². The zero-order valence-corrected chi connectivity index (χ0v) is 15.1. The van der Waals surface area contributed by atoms with Crippen molar-refractivity contribution in [3.63, 3.8) is 0 Å². The molecule has 2 amide bonds. The Morgan fingerprint density at radius 1 is 1.11 bits per heavy atom. The van der Waals surface area contributed by atoms with Gasteiger partial charge in [-0.1, -0.05) is 0 Å². The number of aromatic nitrogens is 3. The maximum Gasteiger partial charge on any atom is 0.409 e. The van der Waals surface area contributed by atoms with E-state index in [2.05, 4.69) is 10.1 Å². The van der Waals surface area contributed by atoms with Crippen LogP contribution in [0.5, 0.6) is 0 Å². The molecule has 0 bridgehead atoms. The number of carbonyl (C=O) groups is 2. The molecule has 0 atom stereocenters. The van der Waals surface area contributed by atoms with Crippen LogP contribution in [-0.4, -0.2) is 69.4 Å². The molecule has 0 unspecified atom stereocenters. The molecule has 1 saturated heterocycles. The van der Waals surface area contributed by atoms with Crippen LogP contribution in [0, 0.1) is 0 Å². The molecule has 0 spiro atoms. The van der Waals surface area contributed by atoms with Crippen LogP contribution >= 0.6 is 0 Å². The summed E-state index contributed by atoms with van der Waals surface area (Å²) < 4.78 is 6.12. The molecule has 2 aromatic rings. The van der Waals surface area contributed by atoms with Gasteiger partial charge in [0.25, 0.3) is 5.56 Å². The standard InChI is InChI=1S/C18H21N5O4/c1-2-27-18(26)22-10-8-21(9-11-22)17(25)13-23-16(24)6-5-15(20-23)14-4-3-7-19-12-14/h3-7,12H,2,8-11,13H2,1H3. The van der Waals surface area contributed by atoms with Crippen molar-refractivity contribution in [2.24, 2.45) is 0 Å². The van der Waals surface area contributed by atoms with Crippen LogP contribution in [0.3, 0.4) is 0 Å². The highest BCUT2D eigenvalue weighted by Crippen LogP contribution is 2.13. The number of nitrogens with zero attached hydrogens (tertiary/aromatic N) is 5. The number of ether oxygens (including phenoxy) is 1. The monoisotopic (exact) mass is 371 g/mol. The van der Waals surface area contributed by atoms with Gasteiger partial charge in [-0.15, -0.1) is 0 Å². The molecule has 9 heteroatoms. The molecule has 1 aliphatic rings. The fraction of sp³-hybridized carbons (Fsp3) is 0.389. The minimum absolute atomic E-state index is 0.146. The van der Waals surface area contributed by atoms with Crippen molar-refractivity contribution < 1.29 is 14.3 Å². The van der Waals surface area contributed by atoms with Crippen LogP contribution in [0.25, 0.3) is 11.3 Å². The molecule has 27 heavy (non-hydrogen) atoms.